The van der Waals surface area contributed by atoms with Crippen LogP contribution in [-0.4, -0.2) is 68.1 Å². The summed E-state index contributed by atoms with van der Waals surface area (Å²) in [5.74, 6) is 5.90. The molecule has 3 aromatic rings. The van der Waals surface area contributed by atoms with Crippen molar-refractivity contribution in [1.29, 1.82) is 0 Å². The average molecular weight is 522 g/mol. The van der Waals surface area contributed by atoms with Crippen molar-refractivity contribution >= 4 is 28.9 Å². The highest BCUT2D eigenvalue weighted by molar-refractivity contribution is 6.47. The van der Waals surface area contributed by atoms with E-state index >= 15 is 0 Å². The minimum atomic E-state index is -1.46. The van der Waals surface area contributed by atoms with Crippen LogP contribution in [0.3, 0.4) is 0 Å². The maximum absolute atomic E-state index is 13.4. The molecule has 2 fully saturated rings. The first-order valence-electron chi connectivity index (χ1n) is 12.8. The standard InChI is InChI=1S/C27H32FN7O3/c1-17(32-20-7-9-34(16-36)10-8-20)25(33-29)18-11-22-26(35(15-31-22)21-4-5-21)23(12-18)38-14-27(2,37)24-6-3-19(28)13-30-24/h3,6,11-13,15-16,20-21,37H,4-5,7-10,14,29H2,1-2H3/b32-17?,33-25+. The van der Waals surface area contributed by atoms with Gasteiger partial charge in [0.05, 0.1) is 35.5 Å². The summed E-state index contributed by atoms with van der Waals surface area (Å²) in [6, 6.07) is 6.90. The van der Waals surface area contributed by atoms with E-state index in [9.17, 15) is 14.3 Å². The Balaban J connectivity index is 1.45. The number of hydrogen-bond acceptors (Lipinski definition) is 8. The number of pyridine rings is 1. The third-order valence-electron chi connectivity index (χ3n) is 7.13. The van der Waals surface area contributed by atoms with Crippen LogP contribution in [0.15, 0.2) is 46.9 Å². The van der Waals surface area contributed by atoms with Gasteiger partial charge in [-0.05, 0) is 63.8 Å². The Hall–Kier alpha value is -3.86. The first kappa shape index (κ1) is 25.8. The maximum atomic E-state index is 13.4. The van der Waals surface area contributed by atoms with Crippen LogP contribution in [-0.2, 0) is 10.4 Å². The van der Waals surface area contributed by atoms with Crippen LogP contribution in [0.5, 0.6) is 5.75 Å². The van der Waals surface area contributed by atoms with Crippen molar-refractivity contribution in [2.24, 2.45) is 15.9 Å². The molecule has 38 heavy (non-hydrogen) atoms. The zero-order valence-electron chi connectivity index (χ0n) is 21.5. The van der Waals surface area contributed by atoms with Gasteiger partial charge in [0, 0.05) is 24.7 Å². The molecule has 11 heteroatoms. The number of rotatable bonds is 9. The van der Waals surface area contributed by atoms with Gasteiger partial charge in [0.15, 0.2) is 0 Å². The van der Waals surface area contributed by atoms with Gasteiger partial charge >= 0.3 is 0 Å². The number of fused-ring (bicyclic) bond motifs is 1. The minimum absolute atomic E-state index is 0.0785. The van der Waals surface area contributed by atoms with E-state index in [-0.39, 0.29) is 12.6 Å². The monoisotopic (exact) mass is 521 g/mol. The first-order chi connectivity index (χ1) is 18.3. The Morgan fingerprint density at radius 1 is 1.26 bits per heavy atom. The molecular formula is C27H32FN7O3. The number of nitrogens with two attached hydrogens (primary N) is 1. The summed E-state index contributed by atoms with van der Waals surface area (Å²) in [4.78, 5) is 26.3. The molecule has 2 aromatic heterocycles. The van der Waals surface area contributed by atoms with Gasteiger partial charge in [0.25, 0.3) is 0 Å². The number of likely N-dealkylation sites (tertiary alicyclic amines) is 1. The first-order valence-corrected chi connectivity index (χ1v) is 12.8. The minimum Gasteiger partial charge on any atom is -0.488 e. The van der Waals surface area contributed by atoms with Crippen molar-refractivity contribution in [3.8, 4) is 5.75 Å². The Morgan fingerprint density at radius 3 is 2.66 bits per heavy atom. The number of nitrogens with zero attached hydrogens (tertiary/aromatic N) is 6. The fourth-order valence-corrected chi connectivity index (χ4v) is 4.83. The lowest BCUT2D eigenvalue weighted by atomic mass is 10.0. The van der Waals surface area contributed by atoms with Crippen molar-refractivity contribution < 1.29 is 19.0 Å². The number of aliphatic hydroxyl groups is 1. The molecule has 1 atom stereocenters. The number of aromatic nitrogens is 3. The predicted molar refractivity (Wildman–Crippen MR) is 142 cm³/mol. The molecule has 0 bridgehead atoms. The lowest BCUT2D eigenvalue weighted by molar-refractivity contribution is -0.119. The zero-order chi connectivity index (χ0) is 26.9. The molecule has 0 radical (unpaired) electrons. The molecule has 0 spiro atoms. The number of ether oxygens (including phenoxy) is 1. The maximum Gasteiger partial charge on any atom is 0.209 e. The Bertz CT molecular complexity index is 1370. The highest BCUT2D eigenvalue weighted by Gasteiger charge is 2.30. The van der Waals surface area contributed by atoms with E-state index < -0.39 is 11.4 Å². The number of amides is 1. The molecule has 1 aliphatic heterocycles. The average Bonchev–Trinajstić information content (AvgIpc) is 3.67. The van der Waals surface area contributed by atoms with Gasteiger partial charge in [-0.1, -0.05) is 0 Å². The molecule has 1 aliphatic carbocycles. The van der Waals surface area contributed by atoms with Crippen LogP contribution < -0.4 is 10.6 Å². The summed E-state index contributed by atoms with van der Waals surface area (Å²) in [7, 11) is 0. The highest BCUT2D eigenvalue weighted by Crippen LogP contribution is 2.40. The third-order valence-corrected chi connectivity index (χ3v) is 7.13. The Morgan fingerprint density at radius 2 is 2.03 bits per heavy atom. The number of carbonyl (C=O) groups excluding carboxylic acids is 1. The second-order valence-electron chi connectivity index (χ2n) is 10.2. The van der Waals surface area contributed by atoms with E-state index in [0.717, 1.165) is 49.3 Å². The van der Waals surface area contributed by atoms with Crippen molar-refractivity contribution in [2.45, 2.75) is 57.2 Å². The number of hydrogen-bond donors (Lipinski definition) is 2. The molecule has 3 N–H and O–H groups in total. The molecule has 5 rings (SSSR count). The van der Waals surface area contributed by atoms with Crippen LogP contribution in [0, 0.1) is 5.82 Å². The van der Waals surface area contributed by atoms with Crippen LogP contribution in [0.4, 0.5) is 4.39 Å². The number of piperidine rings is 1. The second kappa shape index (κ2) is 10.5. The molecule has 200 valence electrons. The molecule has 1 saturated carbocycles. The fourth-order valence-electron chi connectivity index (χ4n) is 4.83. The molecule has 1 aromatic carbocycles. The summed E-state index contributed by atoms with van der Waals surface area (Å²) >= 11 is 0. The van der Waals surface area contributed by atoms with E-state index in [1.165, 1.54) is 12.1 Å². The van der Waals surface area contributed by atoms with E-state index in [2.05, 4.69) is 19.6 Å². The lowest BCUT2D eigenvalue weighted by Crippen LogP contribution is -2.34. The summed E-state index contributed by atoms with van der Waals surface area (Å²) in [5, 5.41) is 15.1. The SMILES string of the molecule is CC(=NC1CCN(C=O)CC1)/C(=N\N)c1cc(OCC(C)(O)c2ccc(F)cn2)c2c(c1)ncn2C1CC1. The smallest absolute Gasteiger partial charge is 0.209 e. The van der Waals surface area contributed by atoms with E-state index in [1.807, 2.05) is 19.1 Å². The number of benzene rings is 1. The zero-order valence-corrected chi connectivity index (χ0v) is 21.5. The van der Waals surface area contributed by atoms with Crippen molar-refractivity contribution in [2.75, 3.05) is 19.7 Å². The van der Waals surface area contributed by atoms with Crippen molar-refractivity contribution in [3.05, 3.63) is 53.9 Å². The molecule has 1 saturated heterocycles. The summed E-state index contributed by atoms with van der Waals surface area (Å²) < 4.78 is 21.7. The van der Waals surface area contributed by atoms with Crippen molar-refractivity contribution in [1.82, 2.24) is 19.4 Å². The van der Waals surface area contributed by atoms with Crippen LogP contribution >= 0.6 is 0 Å². The number of halogens is 1. The fraction of sp³-hybridized carbons (Fsp3) is 0.444. The van der Waals surface area contributed by atoms with Gasteiger partial charge in [-0.2, -0.15) is 5.10 Å². The number of aliphatic imine (C=N–C) groups is 1. The Labute approximate surface area is 220 Å². The molecule has 10 nitrogen and oxygen atoms in total. The second-order valence-corrected chi connectivity index (χ2v) is 10.2. The van der Waals surface area contributed by atoms with Gasteiger partial charge in [0.2, 0.25) is 6.41 Å². The van der Waals surface area contributed by atoms with Gasteiger partial charge in [0.1, 0.15) is 35.0 Å². The van der Waals surface area contributed by atoms with Crippen LogP contribution in [0.1, 0.15) is 56.8 Å². The third kappa shape index (κ3) is 5.38. The largest absolute Gasteiger partial charge is 0.488 e. The van der Waals surface area contributed by atoms with Crippen LogP contribution in [0.2, 0.25) is 0 Å². The quantitative estimate of drug-likeness (QED) is 0.193. The summed E-state index contributed by atoms with van der Waals surface area (Å²) in [6.07, 6.45) is 7.43. The van der Waals surface area contributed by atoms with E-state index in [0.29, 0.717) is 47.6 Å². The lowest BCUT2D eigenvalue weighted by Gasteiger charge is -2.27. The number of imidazole rings is 1. The van der Waals surface area contributed by atoms with Crippen LogP contribution in [0.25, 0.3) is 11.0 Å². The molecule has 3 heterocycles. The summed E-state index contributed by atoms with van der Waals surface area (Å²) in [6.45, 7) is 4.68. The molecule has 1 unspecified atom stereocenters. The van der Waals surface area contributed by atoms with Gasteiger partial charge in [-0.15, -0.1) is 0 Å². The van der Waals surface area contributed by atoms with Gasteiger partial charge < -0.3 is 25.2 Å². The molecule has 1 amide bonds. The van der Waals surface area contributed by atoms with Crippen molar-refractivity contribution in [3.63, 3.8) is 0 Å². The topological polar surface area (TPSA) is 131 Å². The molecule has 2 aliphatic rings. The normalized spacial score (nSPS) is 19.0. The Kier molecular flexibility index (Phi) is 7.11. The van der Waals surface area contributed by atoms with Gasteiger partial charge in [-0.25, -0.2) is 9.37 Å². The predicted octanol–water partition coefficient (Wildman–Crippen LogP) is 2.94. The number of hydrazone groups is 1. The van der Waals surface area contributed by atoms with E-state index in [4.69, 9.17) is 15.6 Å². The molecular weight excluding hydrogens is 489 g/mol. The van der Waals surface area contributed by atoms with E-state index in [1.54, 1.807) is 18.2 Å². The number of carbonyl (C=O) groups is 1. The van der Waals surface area contributed by atoms with Gasteiger partial charge in [-0.3, -0.25) is 14.8 Å². The summed E-state index contributed by atoms with van der Waals surface area (Å²) in [5.41, 5.74) is 2.29. The highest BCUT2D eigenvalue weighted by atomic mass is 19.1.